The Morgan fingerprint density at radius 3 is 2.29 bits per heavy atom. The van der Waals surface area contributed by atoms with E-state index in [4.69, 9.17) is 0 Å². The van der Waals surface area contributed by atoms with Crippen LogP contribution in [0.5, 0.6) is 0 Å². The first-order valence-electron chi connectivity index (χ1n) is 2.19. The zero-order valence-electron chi connectivity index (χ0n) is 4.65. The number of allylic oxidation sites excluding steroid dienone is 3. The van der Waals surface area contributed by atoms with Crippen molar-refractivity contribution in [3.8, 4) is 0 Å². The molecule has 0 aromatic carbocycles. The smallest absolute Gasteiger partial charge is 0.0376 e. The van der Waals surface area contributed by atoms with Crippen molar-refractivity contribution in [1.29, 1.82) is 0 Å². The molecule has 0 atom stereocenters. The molecule has 0 amide bonds. The van der Waals surface area contributed by atoms with Gasteiger partial charge in [0.05, 0.1) is 0 Å². The van der Waals surface area contributed by atoms with Crippen LogP contribution in [0.4, 0.5) is 0 Å². The number of rotatable bonds is 2. The first-order chi connectivity index (χ1) is 2.91. The zero-order chi connectivity index (χ0) is 4.83. The highest BCUT2D eigenvalue weighted by Crippen LogP contribution is 1.76. The summed E-state index contributed by atoms with van der Waals surface area (Å²) in [6, 6.07) is 0. The largest absolute Gasteiger partial charge is 0.412 e. The minimum absolute atomic E-state index is 0. The topological polar surface area (TPSA) is 31.5 Å². The van der Waals surface area contributed by atoms with Crippen molar-refractivity contribution < 1.29 is 5.48 Å². The number of hydrogen-bond acceptors (Lipinski definition) is 0. The van der Waals surface area contributed by atoms with E-state index >= 15 is 0 Å². The minimum Gasteiger partial charge on any atom is -0.412 e. The fraction of sp³-hybridized carbons (Fsp3) is 0.333. The highest BCUT2D eigenvalue weighted by molar-refractivity contribution is 4.96. The summed E-state index contributed by atoms with van der Waals surface area (Å²) in [4.78, 5) is 0. The monoisotopic (exact) mass is 100 g/mol. The Bertz CT molecular complexity index is 55.2. The molecular weight excluding hydrogens is 88.1 g/mol. The van der Waals surface area contributed by atoms with Crippen molar-refractivity contribution in [3.63, 3.8) is 0 Å². The van der Waals surface area contributed by atoms with Gasteiger partial charge >= 0.3 is 0 Å². The normalized spacial score (nSPS) is 8.14. The molecular formula is C6H12O. The van der Waals surface area contributed by atoms with E-state index in [9.17, 15) is 0 Å². The lowest BCUT2D eigenvalue weighted by molar-refractivity contribution is 0.824. The summed E-state index contributed by atoms with van der Waals surface area (Å²) in [5.74, 6) is 0. The summed E-state index contributed by atoms with van der Waals surface area (Å²) in [6.07, 6.45) is 6.89. The zero-order valence-corrected chi connectivity index (χ0v) is 4.65. The predicted octanol–water partition coefficient (Wildman–Crippen LogP) is 1.31. The molecule has 0 radical (unpaired) electrons. The molecule has 0 aliphatic heterocycles. The average Bonchev–Trinajstić information content (AvgIpc) is 1.61. The molecule has 0 saturated heterocycles. The van der Waals surface area contributed by atoms with Gasteiger partial charge in [-0.3, -0.25) is 0 Å². The molecule has 7 heavy (non-hydrogen) atoms. The molecule has 0 aliphatic rings. The summed E-state index contributed by atoms with van der Waals surface area (Å²) >= 11 is 0. The lowest BCUT2D eigenvalue weighted by atomic mass is 10.4. The van der Waals surface area contributed by atoms with Crippen molar-refractivity contribution in [2.24, 2.45) is 0 Å². The maximum Gasteiger partial charge on any atom is -0.0376 e. The third-order valence-electron chi connectivity index (χ3n) is 0.508. The Labute approximate surface area is 44.7 Å². The van der Waals surface area contributed by atoms with Gasteiger partial charge in [-0.2, -0.15) is 0 Å². The van der Waals surface area contributed by atoms with E-state index in [-0.39, 0.29) is 5.48 Å². The Morgan fingerprint density at radius 1 is 1.57 bits per heavy atom. The van der Waals surface area contributed by atoms with Crippen molar-refractivity contribution >= 4 is 0 Å². The second-order valence-electron chi connectivity index (χ2n) is 1.07. The van der Waals surface area contributed by atoms with Crippen LogP contribution in [0.15, 0.2) is 24.8 Å². The van der Waals surface area contributed by atoms with Crippen LogP contribution >= 0.6 is 0 Å². The van der Waals surface area contributed by atoms with Gasteiger partial charge in [-0.1, -0.05) is 31.7 Å². The highest BCUT2D eigenvalue weighted by atomic mass is 16.0. The van der Waals surface area contributed by atoms with Crippen LogP contribution in [0.1, 0.15) is 13.3 Å². The van der Waals surface area contributed by atoms with Crippen molar-refractivity contribution in [1.82, 2.24) is 0 Å². The first kappa shape index (κ1) is 9.67. The standard InChI is InChI=1S/C6H10.H2O/c1-3-5-6-4-2;/h3,5-6H,1,4H2,2H3;1H2. The van der Waals surface area contributed by atoms with Gasteiger partial charge in [0, 0.05) is 0 Å². The van der Waals surface area contributed by atoms with Crippen LogP contribution in [0.3, 0.4) is 0 Å². The summed E-state index contributed by atoms with van der Waals surface area (Å²) < 4.78 is 0. The second-order valence-corrected chi connectivity index (χ2v) is 1.07. The van der Waals surface area contributed by atoms with Crippen molar-refractivity contribution in [2.45, 2.75) is 13.3 Å². The molecule has 0 rings (SSSR count). The molecule has 2 N–H and O–H groups in total. The molecule has 0 fully saturated rings. The molecule has 0 unspecified atom stereocenters. The van der Waals surface area contributed by atoms with Crippen molar-refractivity contribution in [3.05, 3.63) is 24.8 Å². The molecule has 0 bridgehead atoms. The van der Waals surface area contributed by atoms with Gasteiger partial charge in [-0.05, 0) is 6.42 Å². The van der Waals surface area contributed by atoms with Crippen LogP contribution in [0, 0.1) is 0 Å². The summed E-state index contributed by atoms with van der Waals surface area (Å²) in [6.45, 7) is 5.61. The Kier molecular flexibility index (Phi) is 12.5. The third-order valence-corrected chi connectivity index (χ3v) is 0.508. The molecule has 0 aromatic rings. The van der Waals surface area contributed by atoms with E-state index in [1.807, 2.05) is 6.08 Å². The van der Waals surface area contributed by atoms with Gasteiger partial charge in [-0.15, -0.1) is 0 Å². The molecule has 0 spiro atoms. The fourth-order valence-electron chi connectivity index (χ4n) is 0.232. The lowest BCUT2D eigenvalue weighted by Crippen LogP contribution is -1.46. The summed E-state index contributed by atoms with van der Waals surface area (Å²) in [5.41, 5.74) is 0. The summed E-state index contributed by atoms with van der Waals surface area (Å²) in [7, 11) is 0. The van der Waals surface area contributed by atoms with Crippen molar-refractivity contribution in [2.75, 3.05) is 0 Å². The molecule has 0 aliphatic carbocycles. The third kappa shape index (κ3) is 10.8. The van der Waals surface area contributed by atoms with E-state index in [0.29, 0.717) is 0 Å². The van der Waals surface area contributed by atoms with Crippen LogP contribution in [0.25, 0.3) is 0 Å². The van der Waals surface area contributed by atoms with Gasteiger partial charge in [-0.25, -0.2) is 0 Å². The predicted molar refractivity (Wildman–Crippen MR) is 33.2 cm³/mol. The fourth-order valence-corrected chi connectivity index (χ4v) is 0.232. The molecule has 0 heterocycles. The number of hydrogen-bond donors (Lipinski definition) is 0. The van der Waals surface area contributed by atoms with E-state index < -0.39 is 0 Å². The van der Waals surface area contributed by atoms with Crippen LogP contribution in [0.2, 0.25) is 0 Å². The minimum atomic E-state index is 0. The van der Waals surface area contributed by atoms with E-state index in [2.05, 4.69) is 19.6 Å². The molecule has 42 valence electrons. The van der Waals surface area contributed by atoms with Crippen LogP contribution in [-0.2, 0) is 0 Å². The Balaban J connectivity index is 0. The molecule has 1 nitrogen and oxygen atoms in total. The average molecular weight is 100 g/mol. The first-order valence-corrected chi connectivity index (χ1v) is 2.19. The highest BCUT2D eigenvalue weighted by Gasteiger charge is 1.55. The maximum atomic E-state index is 3.51. The van der Waals surface area contributed by atoms with Crippen LogP contribution in [-0.4, -0.2) is 5.48 Å². The van der Waals surface area contributed by atoms with Gasteiger partial charge in [0.1, 0.15) is 0 Å². The maximum absolute atomic E-state index is 3.51. The van der Waals surface area contributed by atoms with Gasteiger partial charge in [0.15, 0.2) is 0 Å². The second kappa shape index (κ2) is 9.06. The molecule has 0 aromatic heterocycles. The van der Waals surface area contributed by atoms with E-state index in [1.165, 1.54) is 0 Å². The van der Waals surface area contributed by atoms with E-state index in [0.717, 1.165) is 6.42 Å². The van der Waals surface area contributed by atoms with Gasteiger partial charge in [0.2, 0.25) is 0 Å². The van der Waals surface area contributed by atoms with Crippen LogP contribution < -0.4 is 0 Å². The van der Waals surface area contributed by atoms with E-state index in [1.54, 1.807) is 6.08 Å². The molecule has 1 heteroatoms. The quantitative estimate of drug-likeness (QED) is 0.469. The Hall–Kier alpha value is -0.560. The Morgan fingerprint density at radius 2 is 2.14 bits per heavy atom. The van der Waals surface area contributed by atoms with Gasteiger partial charge < -0.3 is 5.48 Å². The SMILES string of the molecule is C=CC=CCC.O. The van der Waals surface area contributed by atoms with Gasteiger partial charge in [0.25, 0.3) is 0 Å². The lowest BCUT2D eigenvalue weighted by Gasteiger charge is -1.67. The summed E-state index contributed by atoms with van der Waals surface area (Å²) in [5, 5.41) is 0. The molecule has 0 saturated carbocycles.